The second kappa shape index (κ2) is 9.05. The van der Waals surface area contributed by atoms with Gasteiger partial charge >= 0.3 is 0 Å². The van der Waals surface area contributed by atoms with Crippen molar-refractivity contribution in [3.8, 4) is 0 Å². The fraction of sp³-hybridized carbons (Fsp3) is 0.875. The highest BCUT2D eigenvalue weighted by Crippen LogP contribution is 2.36. The van der Waals surface area contributed by atoms with Gasteiger partial charge in [0.25, 0.3) is 0 Å². The molecule has 126 valence electrons. The van der Waals surface area contributed by atoms with Gasteiger partial charge in [-0.05, 0) is 44.0 Å². The van der Waals surface area contributed by atoms with Crippen LogP contribution in [0.4, 0.5) is 0 Å². The van der Waals surface area contributed by atoms with Crippen LogP contribution >= 0.6 is 0 Å². The van der Waals surface area contributed by atoms with Crippen LogP contribution in [0, 0.1) is 0 Å². The average Bonchev–Trinajstić information content (AvgIpc) is 2.31. The molecule has 1 N–H and O–H groups in total. The standard InChI is InChI=1S/C16H34O4Si/c1-13(17)9-15(10-14(2)19-12-18-6)11-20-21(7,8)16(3,4)5/h10,13-14,17H,9,11-12H2,1-8H3/b15-10+/t13-,14+/m1/s1. The minimum atomic E-state index is -1.78. The molecule has 0 spiro atoms. The van der Waals surface area contributed by atoms with Crippen LogP contribution in [0.3, 0.4) is 0 Å². The Morgan fingerprint density at radius 2 is 1.81 bits per heavy atom. The minimum absolute atomic E-state index is 0.0540. The summed E-state index contributed by atoms with van der Waals surface area (Å²) in [4.78, 5) is 0. The highest BCUT2D eigenvalue weighted by atomic mass is 28.4. The van der Waals surface area contributed by atoms with Gasteiger partial charge in [0.1, 0.15) is 6.79 Å². The fourth-order valence-corrected chi connectivity index (χ4v) is 2.58. The van der Waals surface area contributed by atoms with Crippen molar-refractivity contribution < 1.29 is 19.0 Å². The Morgan fingerprint density at radius 1 is 1.24 bits per heavy atom. The Hall–Kier alpha value is -0.203. The molecule has 0 amide bonds. The van der Waals surface area contributed by atoms with E-state index in [0.717, 1.165) is 5.57 Å². The second-order valence-electron chi connectivity index (χ2n) is 7.21. The second-order valence-corrected chi connectivity index (χ2v) is 12.0. The fourth-order valence-electron chi connectivity index (χ4n) is 1.60. The Balaban J connectivity index is 4.74. The van der Waals surface area contributed by atoms with Crippen molar-refractivity contribution in [1.29, 1.82) is 0 Å². The zero-order valence-corrected chi connectivity index (χ0v) is 16.0. The van der Waals surface area contributed by atoms with Crippen LogP contribution in [0.15, 0.2) is 11.6 Å². The summed E-state index contributed by atoms with van der Waals surface area (Å²) in [6.07, 6.45) is 2.20. The molecule has 2 atom stereocenters. The van der Waals surface area contributed by atoms with Crippen LogP contribution in [0.1, 0.15) is 41.0 Å². The van der Waals surface area contributed by atoms with Crippen molar-refractivity contribution in [2.45, 2.75) is 71.4 Å². The first-order valence-corrected chi connectivity index (χ1v) is 10.5. The van der Waals surface area contributed by atoms with Crippen LogP contribution in [-0.2, 0) is 13.9 Å². The number of aliphatic hydroxyl groups is 1. The third kappa shape index (κ3) is 8.73. The summed E-state index contributed by atoms with van der Waals surface area (Å²) in [7, 11) is -0.178. The molecule has 0 aromatic heterocycles. The summed E-state index contributed by atoms with van der Waals surface area (Å²) in [6, 6.07) is 0. The van der Waals surface area contributed by atoms with E-state index in [0.29, 0.717) is 13.0 Å². The molecule has 0 unspecified atom stereocenters. The summed E-state index contributed by atoms with van der Waals surface area (Å²) in [5.41, 5.74) is 1.08. The van der Waals surface area contributed by atoms with Gasteiger partial charge in [-0.1, -0.05) is 26.8 Å². The molecule has 0 saturated carbocycles. The monoisotopic (exact) mass is 318 g/mol. The number of aliphatic hydroxyl groups excluding tert-OH is 1. The average molecular weight is 319 g/mol. The lowest BCUT2D eigenvalue weighted by Crippen LogP contribution is -2.41. The Bertz CT molecular complexity index is 319. The molecule has 0 aliphatic heterocycles. The van der Waals surface area contributed by atoms with Crippen molar-refractivity contribution in [2.75, 3.05) is 20.5 Å². The van der Waals surface area contributed by atoms with Crippen molar-refractivity contribution in [3.63, 3.8) is 0 Å². The van der Waals surface area contributed by atoms with Gasteiger partial charge in [-0.2, -0.15) is 0 Å². The summed E-state index contributed by atoms with van der Waals surface area (Å²) in [5.74, 6) is 0. The first-order chi connectivity index (χ1) is 9.49. The van der Waals surface area contributed by atoms with Gasteiger partial charge in [-0.15, -0.1) is 0 Å². The SMILES string of the molecule is COCO[C@@H](C)/C=C(/CO[Si](C)(C)C(C)(C)C)C[C@@H](C)O. The third-order valence-corrected chi connectivity index (χ3v) is 8.38. The van der Waals surface area contributed by atoms with Crippen LogP contribution in [0.5, 0.6) is 0 Å². The Kier molecular flexibility index (Phi) is 8.97. The van der Waals surface area contributed by atoms with Crippen molar-refractivity contribution in [1.82, 2.24) is 0 Å². The lowest BCUT2D eigenvalue weighted by Gasteiger charge is -2.36. The van der Waals surface area contributed by atoms with E-state index >= 15 is 0 Å². The highest BCUT2D eigenvalue weighted by Gasteiger charge is 2.37. The van der Waals surface area contributed by atoms with Gasteiger partial charge in [-0.3, -0.25) is 0 Å². The van der Waals surface area contributed by atoms with E-state index in [1.54, 1.807) is 14.0 Å². The lowest BCUT2D eigenvalue weighted by molar-refractivity contribution is -0.0499. The van der Waals surface area contributed by atoms with Crippen LogP contribution < -0.4 is 0 Å². The number of ether oxygens (including phenoxy) is 2. The number of rotatable bonds is 9. The maximum absolute atomic E-state index is 9.65. The molecule has 0 bridgehead atoms. The van der Waals surface area contributed by atoms with Crippen molar-refractivity contribution in [2.24, 2.45) is 0 Å². The Labute approximate surface area is 131 Å². The van der Waals surface area contributed by atoms with Gasteiger partial charge in [0.05, 0.1) is 18.8 Å². The molecule has 5 heteroatoms. The number of hydrogen-bond donors (Lipinski definition) is 1. The van der Waals surface area contributed by atoms with Crippen LogP contribution in [0.2, 0.25) is 18.1 Å². The molecular formula is C16H34O4Si. The third-order valence-electron chi connectivity index (χ3n) is 3.90. The van der Waals surface area contributed by atoms with Crippen molar-refractivity contribution >= 4 is 8.32 Å². The quantitative estimate of drug-likeness (QED) is 0.400. The Morgan fingerprint density at radius 3 is 2.24 bits per heavy atom. The van der Waals surface area contributed by atoms with Crippen LogP contribution in [-0.4, -0.2) is 46.1 Å². The predicted molar refractivity (Wildman–Crippen MR) is 90.0 cm³/mol. The first kappa shape index (κ1) is 20.8. The van der Waals surface area contributed by atoms with Gasteiger partial charge in [0.2, 0.25) is 0 Å². The van der Waals surface area contributed by atoms with Gasteiger partial charge < -0.3 is 19.0 Å². The zero-order chi connectivity index (χ0) is 16.7. The maximum Gasteiger partial charge on any atom is 0.192 e. The zero-order valence-electron chi connectivity index (χ0n) is 15.0. The molecule has 0 rings (SSSR count). The maximum atomic E-state index is 9.65. The van der Waals surface area contributed by atoms with Gasteiger partial charge in [-0.25, -0.2) is 0 Å². The molecule has 0 radical (unpaired) electrons. The molecule has 0 fully saturated rings. The van der Waals surface area contributed by atoms with Crippen LogP contribution in [0.25, 0.3) is 0 Å². The summed E-state index contributed by atoms with van der Waals surface area (Å²) >= 11 is 0. The van der Waals surface area contributed by atoms with Gasteiger partial charge in [0, 0.05) is 7.11 Å². The normalized spacial score (nSPS) is 16.9. The van der Waals surface area contributed by atoms with E-state index in [-0.39, 0.29) is 24.0 Å². The molecule has 4 nitrogen and oxygen atoms in total. The smallest absolute Gasteiger partial charge is 0.192 e. The highest BCUT2D eigenvalue weighted by molar-refractivity contribution is 6.74. The topological polar surface area (TPSA) is 47.9 Å². The van der Waals surface area contributed by atoms with E-state index in [9.17, 15) is 5.11 Å². The molecule has 0 heterocycles. The molecular weight excluding hydrogens is 284 g/mol. The van der Waals surface area contributed by atoms with E-state index in [2.05, 4.69) is 33.9 Å². The molecule has 0 saturated heterocycles. The van der Waals surface area contributed by atoms with E-state index < -0.39 is 8.32 Å². The molecule has 0 aromatic rings. The summed E-state index contributed by atoms with van der Waals surface area (Å²) in [5, 5.41) is 9.83. The summed E-state index contributed by atoms with van der Waals surface area (Å²) < 4.78 is 16.6. The lowest BCUT2D eigenvalue weighted by atomic mass is 10.1. The summed E-state index contributed by atoms with van der Waals surface area (Å²) in [6.45, 7) is 15.7. The predicted octanol–water partition coefficient (Wildman–Crippen LogP) is 3.71. The first-order valence-electron chi connectivity index (χ1n) is 7.61. The molecule has 21 heavy (non-hydrogen) atoms. The van der Waals surface area contributed by atoms with E-state index in [1.807, 2.05) is 13.0 Å². The number of hydrogen-bond acceptors (Lipinski definition) is 4. The van der Waals surface area contributed by atoms with Crippen molar-refractivity contribution in [3.05, 3.63) is 11.6 Å². The molecule has 0 aromatic carbocycles. The van der Waals surface area contributed by atoms with Gasteiger partial charge in [0.15, 0.2) is 8.32 Å². The molecule has 0 aliphatic rings. The van der Waals surface area contributed by atoms with E-state index in [4.69, 9.17) is 13.9 Å². The molecule has 0 aliphatic carbocycles. The largest absolute Gasteiger partial charge is 0.413 e. The minimum Gasteiger partial charge on any atom is -0.413 e. The van der Waals surface area contributed by atoms with E-state index in [1.165, 1.54) is 0 Å². The number of methoxy groups -OCH3 is 1.